The molecule has 0 saturated carbocycles. The minimum atomic E-state index is -1.01. The number of carbonyl (C=O) groups excluding carboxylic acids is 2. The van der Waals surface area contributed by atoms with Gasteiger partial charge >= 0.3 is 5.97 Å². The summed E-state index contributed by atoms with van der Waals surface area (Å²) < 4.78 is 26.1. The van der Waals surface area contributed by atoms with Crippen molar-refractivity contribution in [3.63, 3.8) is 0 Å². The first-order chi connectivity index (χ1) is 28.8. The SMILES string of the molecule is CC(OC(C)(C)C(C)(C)COC(C)(C)C(=O)CCc1cc(C(C)(C)C)c(O)c(C(C)(C)C)c1)C(C)(C)C(C)(C)OCCC(C)(C)OC(=O)CCc1cc(C(C)(C)C)c(O)c(C(C)(C)C)c1. The van der Waals surface area contributed by atoms with Gasteiger partial charge < -0.3 is 29.2 Å². The molecule has 65 heavy (non-hydrogen) atoms. The van der Waals surface area contributed by atoms with Crippen molar-refractivity contribution in [1.82, 2.24) is 0 Å². The fourth-order valence-corrected chi connectivity index (χ4v) is 7.77. The van der Waals surface area contributed by atoms with Gasteiger partial charge in [0.2, 0.25) is 0 Å². The van der Waals surface area contributed by atoms with Crippen LogP contribution in [0.25, 0.3) is 0 Å². The highest BCUT2D eigenvalue weighted by Gasteiger charge is 2.48. The molecular formula is C57H96O8. The van der Waals surface area contributed by atoms with E-state index in [0.29, 0.717) is 50.4 Å². The van der Waals surface area contributed by atoms with Crippen LogP contribution in [0.2, 0.25) is 0 Å². The molecule has 2 rings (SSSR count). The summed E-state index contributed by atoms with van der Waals surface area (Å²) in [5.74, 6) is 0.437. The molecule has 0 aliphatic rings. The Hall–Kier alpha value is -2.94. The van der Waals surface area contributed by atoms with E-state index in [1.807, 2.05) is 39.8 Å². The number of hydrogen-bond donors (Lipinski definition) is 2. The quantitative estimate of drug-likeness (QED) is 0.126. The molecule has 1 unspecified atom stereocenters. The summed E-state index contributed by atoms with van der Waals surface area (Å²) in [5.41, 5.74) is 0.716. The fraction of sp³-hybridized carbons (Fsp3) is 0.754. The van der Waals surface area contributed by atoms with Crippen molar-refractivity contribution < 1.29 is 38.7 Å². The van der Waals surface area contributed by atoms with Crippen molar-refractivity contribution in [2.45, 2.75) is 255 Å². The number of Topliss-reactive ketones (excluding diaryl/α,β-unsaturated/α-hetero) is 1. The van der Waals surface area contributed by atoms with Crippen LogP contribution in [0, 0.1) is 10.8 Å². The Morgan fingerprint density at radius 2 is 0.908 bits per heavy atom. The Morgan fingerprint density at radius 3 is 1.28 bits per heavy atom. The van der Waals surface area contributed by atoms with E-state index < -0.39 is 33.2 Å². The van der Waals surface area contributed by atoms with E-state index in [2.05, 4.69) is 158 Å². The third-order valence-corrected chi connectivity index (χ3v) is 14.5. The fourth-order valence-electron chi connectivity index (χ4n) is 7.77. The van der Waals surface area contributed by atoms with Crippen LogP contribution in [-0.4, -0.2) is 63.7 Å². The zero-order valence-corrected chi connectivity index (χ0v) is 46.2. The molecule has 0 saturated heterocycles. The second kappa shape index (κ2) is 20.0. The van der Waals surface area contributed by atoms with Gasteiger partial charge in [-0.3, -0.25) is 9.59 Å². The van der Waals surface area contributed by atoms with Gasteiger partial charge in [-0.1, -0.05) is 135 Å². The first-order valence-corrected chi connectivity index (χ1v) is 24.2. The maximum Gasteiger partial charge on any atom is 0.306 e. The monoisotopic (exact) mass is 909 g/mol. The maximum absolute atomic E-state index is 13.8. The molecule has 0 amide bonds. The number of hydrogen-bond acceptors (Lipinski definition) is 8. The van der Waals surface area contributed by atoms with Crippen molar-refractivity contribution in [2.24, 2.45) is 10.8 Å². The number of ether oxygens (including phenoxy) is 4. The molecule has 372 valence electrons. The van der Waals surface area contributed by atoms with Gasteiger partial charge in [0.05, 0.1) is 30.5 Å². The molecule has 0 heterocycles. The molecule has 0 aromatic heterocycles. The standard InChI is InChI=1S/C57H96O8/c1-37(64-56(22,23)52(14,15)36-63-55(20,21)44(58)28-26-38-32-40(48(2,3)4)46(60)41(33-38)49(5,6)7)54(18,19)57(24,25)62-31-30-53(16,17)65-45(59)29-27-39-34-42(50(8,9)10)47(61)43(35-39)51(11,12)13/h32-35,37,60-61H,26-31,36H2,1-25H3. The zero-order valence-electron chi connectivity index (χ0n) is 46.2. The van der Waals surface area contributed by atoms with Crippen molar-refractivity contribution >= 4 is 11.8 Å². The smallest absolute Gasteiger partial charge is 0.306 e. The van der Waals surface area contributed by atoms with Crippen LogP contribution in [-0.2, 0) is 63.0 Å². The summed E-state index contributed by atoms with van der Waals surface area (Å²) in [7, 11) is 0. The van der Waals surface area contributed by atoms with Gasteiger partial charge in [-0.15, -0.1) is 0 Å². The van der Waals surface area contributed by atoms with Crippen LogP contribution in [0.5, 0.6) is 11.5 Å². The number of benzene rings is 2. The maximum atomic E-state index is 13.8. The van der Waals surface area contributed by atoms with Crippen LogP contribution in [0.15, 0.2) is 24.3 Å². The number of aryl methyl sites for hydroxylation is 2. The Bertz CT molecular complexity index is 1880. The van der Waals surface area contributed by atoms with Gasteiger partial charge in [-0.25, -0.2) is 0 Å². The number of aromatic hydroxyl groups is 2. The summed E-state index contributed by atoms with van der Waals surface area (Å²) >= 11 is 0. The number of phenolic OH excluding ortho intramolecular Hbond substituents is 2. The predicted molar refractivity (Wildman–Crippen MR) is 270 cm³/mol. The summed E-state index contributed by atoms with van der Waals surface area (Å²) in [4.78, 5) is 27.0. The lowest BCUT2D eigenvalue weighted by Gasteiger charge is -2.50. The van der Waals surface area contributed by atoms with E-state index in [1.54, 1.807) is 0 Å². The summed E-state index contributed by atoms with van der Waals surface area (Å²) in [5, 5.41) is 22.3. The van der Waals surface area contributed by atoms with Gasteiger partial charge in [0.15, 0.2) is 5.78 Å². The van der Waals surface area contributed by atoms with E-state index in [0.717, 1.165) is 33.4 Å². The molecule has 0 spiro atoms. The Kier molecular flexibility index (Phi) is 17.9. The first-order valence-electron chi connectivity index (χ1n) is 24.2. The zero-order chi connectivity index (χ0) is 51.0. The Balaban J connectivity index is 2.05. The molecule has 2 aromatic rings. The van der Waals surface area contributed by atoms with Gasteiger partial charge in [0.25, 0.3) is 0 Å². The molecule has 2 N–H and O–H groups in total. The largest absolute Gasteiger partial charge is 0.507 e. The topological polar surface area (TPSA) is 112 Å². The second-order valence-corrected chi connectivity index (χ2v) is 26.5. The molecule has 0 aliphatic carbocycles. The highest BCUT2D eigenvalue weighted by Crippen LogP contribution is 2.45. The summed E-state index contributed by atoms with van der Waals surface area (Å²) in [6, 6.07) is 8.15. The number of carbonyl (C=O) groups is 2. The summed E-state index contributed by atoms with van der Waals surface area (Å²) in [6.07, 6.45) is 1.92. The molecule has 1 atom stereocenters. The van der Waals surface area contributed by atoms with E-state index in [1.165, 1.54) is 0 Å². The van der Waals surface area contributed by atoms with E-state index in [-0.39, 0.29) is 45.9 Å². The third-order valence-electron chi connectivity index (χ3n) is 14.5. The number of rotatable bonds is 20. The molecular weight excluding hydrogens is 813 g/mol. The van der Waals surface area contributed by atoms with Gasteiger partial charge in [-0.05, 0) is 130 Å². The van der Waals surface area contributed by atoms with Crippen molar-refractivity contribution in [3.05, 3.63) is 57.6 Å². The number of phenols is 2. The Labute approximate surface area is 397 Å². The van der Waals surface area contributed by atoms with Gasteiger partial charge in [0.1, 0.15) is 22.7 Å². The highest BCUT2D eigenvalue weighted by atomic mass is 16.6. The molecule has 0 fully saturated rings. The minimum Gasteiger partial charge on any atom is -0.507 e. The van der Waals surface area contributed by atoms with Crippen LogP contribution < -0.4 is 0 Å². The molecule has 8 nitrogen and oxygen atoms in total. The summed E-state index contributed by atoms with van der Waals surface area (Å²) in [6.45, 7) is 52.4. The number of ketones is 1. The normalized spacial score (nSPS) is 14.7. The van der Waals surface area contributed by atoms with Crippen LogP contribution in [0.3, 0.4) is 0 Å². The average molecular weight is 909 g/mol. The van der Waals surface area contributed by atoms with Crippen molar-refractivity contribution in [2.75, 3.05) is 13.2 Å². The molecule has 0 aliphatic heterocycles. The molecule has 2 aromatic carbocycles. The lowest BCUT2D eigenvalue weighted by atomic mass is 9.71. The molecule has 8 heteroatoms. The Morgan fingerprint density at radius 1 is 0.538 bits per heavy atom. The van der Waals surface area contributed by atoms with Gasteiger partial charge in [0, 0.05) is 30.1 Å². The van der Waals surface area contributed by atoms with E-state index >= 15 is 0 Å². The van der Waals surface area contributed by atoms with E-state index in [4.69, 9.17) is 18.9 Å². The van der Waals surface area contributed by atoms with Gasteiger partial charge in [-0.2, -0.15) is 0 Å². The highest BCUT2D eigenvalue weighted by molar-refractivity contribution is 5.86. The van der Waals surface area contributed by atoms with Crippen LogP contribution in [0.1, 0.15) is 226 Å². The number of esters is 1. The molecule has 0 radical (unpaired) electrons. The lowest BCUT2D eigenvalue weighted by molar-refractivity contribution is -0.221. The third kappa shape index (κ3) is 15.3. The lowest BCUT2D eigenvalue weighted by Crippen LogP contribution is -2.55. The van der Waals surface area contributed by atoms with Crippen LogP contribution in [0.4, 0.5) is 0 Å². The average Bonchev–Trinajstić information content (AvgIpc) is 3.10. The molecule has 0 bridgehead atoms. The van der Waals surface area contributed by atoms with E-state index in [9.17, 15) is 19.8 Å². The van der Waals surface area contributed by atoms with Crippen molar-refractivity contribution in [3.8, 4) is 11.5 Å². The second-order valence-electron chi connectivity index (χ2n) is 26.5. The first kappa shape index (κ1) is 58.2. The van der Waals surface area contributed by atoms with Crippen molar-refractivity contribution in [1.29, 1.82) is 0 Å². The van der Waals surface area contributed by atoms with Crippen LogP contribution >= 0.6 is 0 Å². The minimum absolute atomic E-state index is 0.0274. The predicted octanol–water partition coefficient (Wildman–Crippen LogP) is 14.0.